The number of aryl methyl sites for hydroxylation is 1. The number of hydrogen-bond acceptors (Lipinski definition) is 6. The molecule has 1 amide bonds. The van der Waals surface area contributed by atoms with Crippen LogP contribution in [0.3, 0.4) is 0 Å². The summed E-state index contributed by atoms with van der Waals surface area (Å²) in [5.41, 5.74) is 6.45. The Labute approximate surface area is 122 Å². The molecule has 0 saturated heterocycles. The van der Waals surface area contributed by atoms with Gasteiger partial charge in [0.15, 0.2) is 0 Å². The van der Waals surface area contributed by atoms with Crippen molar-refractivity contribution in [1.29, 1.82) is 0 Å². The van der Waals surface area contributed by atoms with Crippen LogP contribution in [-0.4, -0.2) is 37.5 Å². The lowest BCUT2D eigenvalue weighted by Gasteiger charge is -2.26. The summed E-state index contributed by atoms with van der Waals surface area (Å²) in [5.74, 6) is 1.56. The van der Waals surface area contributed by atoms with E-state index in [1.807, 2.05) is 6.92 Å². The average molecular weight is 289 g/mol. The number of nitrogens with one attached hydrogen (secondary N) is 1. The van der Waals surface area contributed by atoms with Crippen LogP contribution in [0.15, 0.2) is 6.07 Å². The molecule has 21 heavy (non-hydrogen) atoms. The van der Waals surface area contributed by atoms with Crippen LogP contribution in [0.5, 0.6) is 0 Å². The molecule has 0 bridgehead atoms. The van der Waals surface area contributed by atoms with Crippen LogP contribution in [0.4, 0.5) is 5.82 Å². The number of amides is 1. The number of nitrogens with zero attached hydrogens (tertiary/aromatic N) is 5. The summed E-state index contributed by atoms with van der Waals surface area (Å²) in [5, 5.41) is 14.2. The molecule has 2 heterocycles. The van der Waals surface area contributed by atoms with Crippen LogP contribution >= 0.6 is 0 Å². The Morgan fingerprint density at radius 2 is 2.19 bits per heavy atom. The molecule has 8 nitrogen and oxygen atoms in total. The minimum Gasteiger partial charge on any atom is -0.330 e. The van der Waals surface area contributed by atoms with E-state index in [0.29, 0.717) is 24.1 Å². The molecule has 3 rings (SSSR count). The lowest BCUT2D eigenvalue weighted by Crippen LogP contribution is -2.30. The molecule has 2 aromatic heterocycles. The number of fused-ring (bicyclic) bond motifs is 1. The normalized spacial score (nSPS) is 22.4. The number of hydrogen-bond donors (Lipinski definition) is 2. The van der Waals surface area contributed by atoms with Gasteiger partial charge in [-0.1, -0.05) is 5.10 Å². The first kappa shape index (κ1) is 13.9. The Kier molecular flexibility index (Phi) is 3.78. The van der Waals surface area contributed by atoms with Gasteiger partial charge in [0.1, 0.15) is 5.82 Å². The number of rotatable bonds is 3. The highest BCUT2D eigenvalue weighted by Crippen LogP contribution is 2.29. The molecule has 0 atom stereocenters. The number of nitrogens with two attached hydrogens (primary N) is 1. The molecule has 0 spiro atoms. The van der Waals surface area contributed by atoms with Crippen molar-refractivity contribution in [3.8, 4) is 0 Å². The van der Waals surface area contributed by atoms with Gasteiger partial charge in [-0.05, 0) is 55.5 Å². The van der Waals surface area contributed by atoms with Gasteiger partial charge in [-0.15, -0.1) is 0 Å². The first-order valence-electron chi connectivity index (χ1n) is 7.24. The van der Waals surface area contributed by atoms with Gasteiger partial charge < -0.3 is 11.1 Å². The van der Waals surface area contributed by atoms with E-state index in [2.05, 4.69) is 25.8 Å². The fourth-order valence-electron chi connectivity index (χ4n) is 2.83. The van der Waals surface area contributed by atoms with Gasteiger partial charge in [0.2, 0.25) is 5.91 Å². The summed E-state index contributed by atoms with van der Waals surface area (Å²) in [6.45, 7) is 2.56. The van der Waals surface area contributed by atoms with Crippen molar-refractivity contribution in [3.63, 3.8) is 0 Å². The van der Waals surface area contributed by atoms with Gasteiger partial charge in [0, 0.05) is 17.7 Å². The maximum atomic E-state index is 12.4. The van der Waals surface area contributed by atoms with E-state index in [1.165, 1.54) is 4.52 Å². The first-order valence-corrected chi connectivity index (χ1v) is 7.24. The van der Waals surface area contributed by atoms with E-state index in [0.717, 1.165) is 31.4 Å². The molecule has 8 heteroatoms. The van der Waals surface area contributed by atoms with Crippen molar-refractivity contribution in [2.45, 2.75) is 32.6 Å². The minimum atomic E-state index is 0.0212. The average Bonchev–Trinajstić information content (AvgIpc) is 2.95. The Bertz CT molecular complexity index is 645. The summed E-state index contributed by atoms with van der Waals surface area (Å²) in [6, 6.07) is 1.77. The van der Waals surface area contributed by atoms with Gasteiger partial charge in [0.05, 0.1) is 0 Å². The maximum absolute atomic E-state index is 12.4. The van der Waals surface area contributed by atoms with Crippen molar-refractivity contribution < 1.29 is 4.79 Å². The van der Waals surface area contributed by atoms with Crippen LogP contribution in [0, 0.1) is 18.8 Å². The standard InChI is InChI=1S/C13H19N7O/c1-8-6-11(20-13(15-8)17-18-19-20)16-12(21)10-4-2-9(7-14)3-5-10/h6,9-10H,2-5,7,14H2,1H3,(H,16,21). The molecular weight excluding hydrogens is 270 g/mol. The molecule has 2 aromatic rings. The summed E-state index contributed by atoms with van der Waals surface area (Å²) in [4.78, 5) is 16.6. The molecule has 1 aliphatic rings. The summed E-state index contributed by atoms with van der Waals surface area (Å²) in [7, 11) is 0. The molecule has 0 aliphatic heterocycles. The topological polar surface area (TPSA) is 111 Å². The summed E-state index contributed by atoms with van der Waals surface area (Å²) < 4.78 is 1.44. The predicted molar refractivity (Wildman–Crippen MR) is 76.4 cm³/mol. The fourth-order valence-corrected chi connectivity index (χ4v) is 2.83. The summed E-state index contributed by atoms with van der Waals surface area (Å²) in [6.07, 6.45) is 3.81. The molecule has 0 aromatic carbocycles. The minimum absolute atomic E-state index is 0.0212. The van der Waals surface area contributed by atoms with Crippen molar-refractivity contribution in [2.75, 3.05) is 11.9 Å². The van der Waals surface area contributed by atoms with Crippen LogP contribution in [0.2, 0.25) is 0 Å². The second-order valence-electron chi connectivity index (χ2n) is 5.62. The SMILES string of the molecule is Cc1cc(NC(=O)C2CCC(CN)CC2)n2nnnc2n1. The lowest BCUT2D eigenvalue weighted by molar-refractivity contribution is -0.121. The van der Waals surface area contributed by atoms with Crippen LogP contribution < -0.4 is 11.1 Å². The number of carbonyl (C=O) groups excluding carboxylic acids is 1. The molecule has 1 saturated carbocycles. The molecule has 1 fully saturated rings. The Hall–Kier alpha value is -2.09. The fraction of sp³-hybridized carbons (Fsp3) is 0.615. The lowest BCUT2D eigenvalue weighted by atomic mass is 9.81. The molecule has 3 N–H and O–H groups in total. The van der Waals surface area contributed by atoms with Crippen molar-refractivity contribution in [3.05, 3.63) is 11.8 Å². The molecule has 0 unspecified atom stereocenters. The predicted octanol–water partition coefficient (Wildman–Crippen LogP) is 0.531. The quantitative estimate of drug-likeness (QED) is 0.852. The monoisotopic (exact) mass is 289 g/mol. The van der Waals surface area contributed by atoms with Gasteiger partial charge in [-0.2, -0.15) is 4.52 Å². The van der Waals surface area contributed by atoms with Crippen LogP contribution in [0.25, 0.3) is 5.78 Å². The van der Waals surface area contributed by atoms with E-state index in [-0.39, 0.29) is 11.8 Å². The Balaban J connectivity index is 1.73. The molecule has 1 aliphatic carbocycles. The van der Waals surface area contributed by atoms with Crippen molar-refractivity contribution in [1.82, 2.24) is 25.0 Å². The highest BCUT2D eigenvalue weighted by molar-refractivity contribution is 5.92. The van der Waals surface area contributed by atoms with Gasteiger partial charge >= 0.3 is 0 Å². The zero-order valence-electron chi connectivity index (χ0n) is 12.0. The smallest absolute Gasteiger partial charge is 0.275 e. The van der Waals surface area contributed by atoms with Gasteiger partial charge in [0.25, 0.3) is 5.78 Å². The third-order valence-electron chi connectivity index (χ3n) is 4.11. The highest BCUT2D eigenvalue weighted by atomic mass is 16.2. The van der Waals surface area contributed by atoms with E-state index in [4.69, 9.17) is 5.73 Å². The third-order valence-corrected chi connectivity index (χ3v) is 4.11. The van der Waals surface area contributed by atoms with Gasteiger partial charge in [-0.3, -0.25) is 4.79 Å². The number of anilines is 1. The molecule has 112 valence electrons. The summed E-state index contributed by atoms with van der Waals surface area (Å²) >= 11 is 0. The largest absolute Gasteiger partial charge is 0.330 e. The van der Waals surface area contributed by atoms with Crippen molar-refractivity contribution in [2.24, 2.45) is 17.6 Å². The van der Waals surface area contributed by atoms with Crippen molar-refractivity contribution >= 4 is 17.5 Å². The second kappa shape index (κ2) is 5.72. The van der Waals surface area contributed by atoms with Gasteiger partial charge in [-0.25, -0.2) is 4.98 Å². The number of carbonyl (C=O) groups is 1. The molecular formula is C13H19N7O. The second-order valence-corrected chi connectivity index (χ2v) is 5.62. The highest BCUT2D eigenvalue weighted by Gasteiger charge is 2.26. The molecule has 0 radical (unpaired) electrons. The van der Waals surface area contributed by atoms with E-state index in [9.17, 15) is 4.79 Å². The third kappa shape index (κ3) is 2.85. The Morgan fingerprint density at radius 3 is 2.90 bits per heavy atom. The number of aromatic nitrogens is 5. The number of tetrazole rings is 1. The Morgan fingerprint density at radius 1 is 1.43 bits per heavy atom. The zero-order chi connectivity index (χ0) is 14.8. The first-order chi connectivity index (χ1) is 10.2. The van der Waals surface area contributed by atoms with E-state index < -0.39 is 0 Å². The van der Waals surface area contributed by atoms with Crippen LogP contribution in [0.1, 0.15) is 31.4 Å². The van der Waals surface area contributed by atoms with E-state index >= 15 is 0 Å². The van der Waals surface area contributed by atoms with E-state index in [1.54, 1.807) is 6.07 Å². The van der Waals surface area contributed by atoms with Crippen LogP contribution in [-0.2, 0) is 4.79 Å². The maximum Gasteiger partial charge on any atom is 0.275 e. The zero-order valence-corrected chi connectivity index (χ0v) is 12.0.